The lowest BCUT2D eigenvalue weighted by Crippen LogP contribution is -2.42. The number of nitrogens with zero attached hydrogens (tertiary/aromatic N) is 3. The first kappa shape index (κ1) is 17.2. The zero-order chi connectivity index (χ0) is 16.2. The second kappa shape index (κ2) is 7.26. The van der Waals surface area contributed by atoms with E-state index in [2.05, 4.69) is 4.98 Å². The molecule has 7 nitrogen and oxygen atoms in total. The third kappa shape index (κ3) is 4.07. The van der Waals surface area contributed by atoms with Gasteiger partial charge in [0.1, 0.15) is 10.7 Å². The molecule has 1 aromatic rings. The Bertz CT molecular complexity index is 511. The Kier molecular flexibility index (Phi) is 5.95. The number of rotatable bonds is 7. The number of thiazole rings is 1. The van der Waals surface area contributed by atoms with Crippen LogP contribution < -0.4 is 16.4 Å². The van der Waals surface area contributed by atoms with Crippen LogP contribution in [0.15, 0.2) is 0 Å². The maximum absolute atomic E-state index is 12.5. The summed E-state index contributed by atoms with van der Waals surface area (Å²) in [4.78, 5) is 31.7. The molecule has 0 spiro atoms. The molecule has 1 heterocycles. The van der Waals surface area contributed by atoms with Gasteiger partial charge >= 0.3 is 0 Å². The average molecular weight is 313 g/mol. The van der Waals surface area contributed by atoms with Crippen molar-refractivity contribution >= 4 is 34.1 Å². The summed E-state index contributed by atoms with van der Waals surface area (Å²) >= 11 is 1.24. The molecule has 0 unspecified atom stereocenters. The molecular formula is C13H23N5O2S. The normalized spacial score (nSPS) is 10.7. The van der Waals surface area contributed by atoms with E-state index in [0.29, 0.717) is 10.0 Å². The predicted molar refractivity (Wildman–Crippen MR) is 85.5 cm³/mol. The molecule has 118 valence electrons. The number of anilines is 2. The third-order valence-corrected chi connectivity index (χ3v) is 4.20. The Labute approximate surface area is 128 Å². The minimum atomic E-state index is -0.552. The van der Waals surface area contributed by atoms with E-state index in [9.17, 15) is 9.59 Å². The molecule has 0 fully saturated rings. The lowest BCUT2D eigenvalue weighted by Gasteiger charge is -2.24. The molecule has 0 aliphatic heterocycles. The van der Waals surface area contributed by atoms with E-state index in [1.807, 2.05) is 32.6 Å². The van der Waals surface area contributed by atoms with Gasteiger partial charge in [-0.15, -0.1) is 0 Å². The molecule has 0 atom stereocenters. The Morgan fingerprint density at radius 2 is 1.86 bits per heavy atom. The van der Waals surface area contributed by atoms with Crippen molar-refractivity contribution in [3.05, 3.63) is 4.88 Å². The Balaban J connectivity index is 3.08. The minimum Gasteiger partial charge on any atom is -0.382 e. The number of nitrogen functional groups attached to an aromatic ring is 1. The molecule has 8 heteroatoms. The fourth-order valence-corrected chi connectivity index (χ4v) is 2.96. The standard InChI is InChI=1S/C13H23N5O2S/c1-5-17(6-2)13-16-11(15)10(21-13)12(20)18(8(3)4)7-9(14)19/h8H,5-7,15H2,1-4H3,(H2,14,19). The molecule has 0 saturated heterocycles. The van der Waals surface area contributed by atoms with Crippen LogP contribution >= 0.6 is 11.3 Å². The van der Waals surface area contributed by atoms with Crippen LogP contribution in [-0.2, 0) is 4.79 Å². The van der Waals surface area contributed by atoms with Crippen LogP contribution in [0.2, 0.25) is 0 Å². The highest BCUT2D eigenvalue weighted by Crippen LogP contribution is 2.29. The van der Waals surface area contributed by atoms with E-state index in [4.69, 9.17) is 11.5 Å². The topological polar surface area (TPSA) is 106 Å². The molecule has 0 bridgehead atoms. The Morgan fingerprint density at radius 3 is 2.29 bits per heavy atom. The average Bonchev–Trinajstić information content (AvgIpc) is 2.78. The van der Waals surface area contributed by atoms with Gasteiger partial charge in [-0.25, -0.2) is 4.98 Å². The van der Waals surface area contributed by atoms with Crippen LogP contribution in [-0.4, -0.2) is 47.4 Å². The van der Waals surface area contributed by atoms with Gasteiger partial charge in [-0.05, 0) is 27.7 Å². The first-order valence-electron chi connectivity index (χ1n) is 6.92. The molecule has 21 heavy (non-hydrogen) atoms. The minimum absolute atomic E-state index is 0.131. The van der Waals surface area contributed by atoms with Crippen LogP contribution in [0.4, 0.5) is 10.9 Å². The highest BCUT2D eigenvalue weighted by Gasteiger charge is 2.26. The molecule has 0 radical (unpaired) electrons. The van der Waals surface area contributed by atoms with Gasteiger partial charge in [0, 0.05) is 19.1 Å². The first-order valence-corrected chi connectivity index (χ1v) is 7.73. The van der Waals surface area contributed by atoms with Gasteiger partial charge < -0.3 is 21.3 Å². The van der Waals surface area contributed by atoms with Gasteiger partial charge in [-0.1, -0.05) is 11.3 Å². The second-order valence-corrected chi connectivity index (χ2v) is 5.85. The number of hydrogen-bond donors (Lipinski definition) is 2. The van der Waals surface area contributed by atoms with E-state index in [1.165, 1.54) is 16.2 Å². The molecular weight excluding hydrogens is 290 g/mol. The smallest absolute Gasteiger partial charge is 0.268 e. The number of aromatic nitrogens is 1. The number of carbonyl (C=O) groups excluding carboxylic acids is 2. The van der Waals surface area contributed by atoms with Crippen molar-refractivity contribution in [2.45, 2.75) is 33.7 Å². The molecule has 2 amide bonds. The molecule has 1 aromatic heterocycles. The van der Waals surface area contributed by atoms with Crippen LogP contribution in [0.1, 0.15) is 37.4 Å². The molecule has 0 aliphatic rings. The van der Waals surface area contributed by atoms with Gasteiger partial charge in [-0.2, -0.15) is 0 Å². The number of nitrogens with two attached hydrogens (primary N) is 2. The zero-order valence-electron chi connectivity index (χ0n) is 12.9. The summed E-state index contributed by atoms with van der Waals surface area (Å²) in [5.41, 5.74) is 11.1. The quantitative estimate of drug-likeness (QED) is 0.778. The molecule has 4 N–H and O–H groups in total. The number of primary amides is 1. The highest BCUT2D eigenvalue weighted by molar-refractivity contribution is 7.18. The fraction of sp³-hybridized carbons (Fsp3) is 0.615. The predicted octanol–water partition coefficient (Wildman–Crippen LogP) is 0.907. The van der Waals surface area contributed by atoms with E-state index in [-0.39, 0.29) is 24.3 Å². The number of amides is 2. The summed E-state index contributed by atoms with van der Waals surface area (Å²) in [5.74, 6) is -0.664. The van der Waals surface area contributed by atoms with Crippen molar-refractivity contribution in [2.24, 2.45) is 5.73 Å². The molecule has 0 aromatic carbocycles. The maximum atomic E-state index is 12.5. The summed E-state index contributed by atoms with van der Waals surface area (Å²) in [6, 6.07) is -0.150. The van der Waals surface area contributed by atoms with Crippen molar-refractivity contribution in [3.8, 4) is 0 Å². The second-order valence-electron chi connectivity index (χ2n) is 4.88. The Morgan fingerprint density at radius 1 is 1.29 bits per heavy atom. The SMILES string of the molecule is CCN(CC)c1nc(N)c(C(=O)N(CC(N)=O)C(C)C)s1. The van der Waals surface area contributed by atoms with Gasteiger partial charge in [0.2, 0.25) is 5.91 Å². The molecule has 0 aliphatic carbocycles. The zero-order valence-corrected chi connectivity index (χ0v) is 13.7. The summed E-state index contributed by atoms with van der Waals surface area (Å²) < 4.78 is 0. The molecule has 1 rings (SSSR count). The van der Waals surface area contributed by atoms with Crippen LogP contribution in [0.25, 0.3) is 0 Å². The van der Waals surface area contributed by atoms with E-state index in [0.717, 1.165) is 13.1 Å². The van der Waals surface area contributed by atoms with Gasteiger partial charge in [0.05, 0.1) is 6.54 Å². The van der Waals surface area contributed by atoms with Crippen LogP contribution in [0, 0.1) is 0 Å². The summed E-state index contributed by atoms with van der Waals surface area (Å²) in [5, 5.41) is 0.712. The third-order valence-electron chi connectivity index (χ3n) is 3.08. The summed E-state index contributed by atoms with van der Waals surface area (Å²) in [7, 11) is 0. The van der Waals surface area contributed by atoms with E-state index >= 15 is 0 Å². The van der Waals surface area contributed by atoms with Gasteiger partial charge in [0.15, 0.2) is 5.13 Å². The van der Waals surface area contributed by atoms with Crippen molar-refractivity contribution < 1.29 is 9.59 Å². The fourth-order valence-electron chi connectivity index (χ4n) is 1.89. The lowest BCUT2D eigenvalue weighted by molar-refractivity contribution is -0.119. The van der Waals surface area contributed by atoms with Crippen LogP contribution in [0.5, 0.6) is 0 Å². The Hall–Kier alpha value is -1.83. The van der Waals surface area contributed by atoms with Crippen molar-refractivity contribution in [1.82, 2.24) is 9.88 Å². The number of hydrogen-bond acceptors (Lipinski definition) is 6. The summed E-state index contributed by atoms with van der Waals surface area (Å²) in [6.07, 6.45) is 0. The highest BCUT2D eigenvalue weighted by atomic mass is 32.1. The van der Waals surface area contributed by atoms with E-state index < -0.39 is 5.91 Å². The molecule has 0 saturated carbocycles. The van der Waals surface area contributed by atoms with Crippen molar-refractivity contribution in [3.63, 3.8) is 0 Å². The largest absolute Gasteiger partial charge is 0.382 e. The summed E-state index contributed by atoms with van der Waals surface area (Å²) in [6.45, 7) is 9.10. The van der Waals surface area contributed by atoms with Gasteiger partial charge in [0.25, 0.3) is 5.91 Å². The van der Waals surface area contributed by atoms with Gasteiger partial charge in [-0.3, -0.25) is 9.59 Å². The van der Waals surface area contributed by atoms with Crippen molar-refractivity contribution in [2.75, 3.05) is 30.3 Å². The lowest BCUT2D eigenvalue weighted by atomic mass is 10.3. The van der Waals surface area contributed by atoms with Crippen LogP contribution in [0.3, 0.4) is 0 Å². The number of carbonyl (C=O) groups is 2. The first-order chi connectivity index (χ1) is 9.81. The van der Waals surface area contributed by atoms with E-state index in [1.54, 1.807) is 0 Å². The van der Waals surface area contributed by atoms with Crippen molar-refractivity contribution in [1.29, 1.82) is 0 Å². The maximum Gasteiger partial charge on any atom is 0.268 e. The monoisotopic (exact) mass is 313 g/mol.